The van der Waals surface area contributed by atoms with E-state index in [1.54, 1.807) is 6.07 Å². The Labute approximate surface area is 122 Å². The highest BCUT2D eigenvalue weighted by Crippen LogP contribution is 2.33. The number of aryl methyl sites for hydroxylation is 1. The van der Waals surface area contributed by atoms with Crippen molar-refractivity contribution in [1.82, 2.24) is 4.98 Å². The summed E-state index contributed by atoms with van der Waals surface area (Å²) in [5.74, 6) is 0. The fourth-order valence-electron chi connectivity index (χ4n) is 2.62. The lowest BCUT2D eigenvalue weighted by Crippen LogP contribution is -1.98. The Kier molecular flexibility index (Phi) is 3.42. The zero-order valence-corrected chi connectivity index (χ0v) is 11.9. The Morgan fingerprint density at radius 2 is 1.57 bits per heavy atom. The van der Waals surface area contributed by atoms with Gasteiger partial charge in [0.25, 0.3) is 6.43 Å². The second-order valence-corrected chi connectivity index (χ2v) is 5.12. The van der Waals surface area contributed by atoms with Crippen molar-refractivity contribution >= 4 is 10.9 Å². The van der Waals surface area contributed by atoms with Gasteiger partial charge in [-0.3, -0.25) is 0 Å². The standard InChI is InChI=1S/C18H15F2N/c1-11-12(2)16(13-7-4-3-5-8-13)21-17-14(11)9-6-10-15(17)18(19)20/h3-10,18H,1-2H3. The van der Waals surface area contributed by atoms with Gasteiger partial charge in [0.1, 0.15) is 0 Å². The molecule has 0 aliphatic heterocycles. The van der Waals surface area contributed by atoms with Gasteiger partial charge in [0.05, 0.1) is 11.2 Å². The monoisotopic (exact) mass is 283 g/mol. The zero-order chi connectivity index (χ0) is 15.0. The molecule has 0 aliphatic carbocycles. The molecule has 0 N–H and O–H groups in total. The Hall–Kier alpha value is -2.29. The van der Waals surface area contributed by atoms with Gasteiger partial charge in [-0.05, 0) is 25.0 Å². The average molecular weight is 283 g/mol. The van der Waals surface area contributed by atoms with Crippen LogP contribution in [0.25, 0.3) is 22.2 Å². The molecule has 1 aromatic heterocycles. The highest BCUT2D eigenvalue weighted by atomic mass is 19.3. The van der Waals surface area contributed by atoms with Gasteiger partial charge in [-0.1, -0.05) is 48.5 Å². The minimum atomic E-state index is -2.52. The van der Waals surface area contributed by atoms with E-state index in [0.717, 1.165) is 27.8 Å². The van der Waals surface area contributed by atoms with Crippen LogP contribution in [-0.2, 0) is 0 Å². The average Bonchev–Trinajstić information content (AvgIpc) is 2.51. The quantitative estimate of drug-likeness (QED) is 0.609. The predicted molar refractivity (Wildman–Crippen MR) is 81.6 cm³/mol. The molecule has 106 valence electrons. The van der Waals surface area contributed by atoms with Gasteiger partial charge in [0, 0.05) is 16.5 Å². The maximum absolute atomic E-state index is 13.2. The Bertz CT molecular complexity index is 795. The number of alkyl halides is 2. The van der Waals surface area contributed by atoms with E-state index in [1.807, 2.05) is 50.2 Å². The summed E-state index contributed by atoms with van der Waals surface area (Å²) in [6.07, 6.45) is -2.52. The van der Waals surface area contributed by atoms with Crippen molar-refractivity contribution in [2.75, 3.05) is 0 Å². The largest absolute Gasteiger partial charge is 0.265 e. The van der Waals surface area contributed by atoms with E-state index in [4.69, 9.17) is 0 Å². The Morgan fingerprint density at radius 1 is 0.857 bits per heavy atom. The van der Waals surface area contributed by atoms with Crippen LogP contribution in [-0.4, -0.2) is 4.98 Å². The van der Waals surface area contributed by atoms with Crippen molar-refractivity contribution in [3.05, 3.63) is 65.2 Å². The first kappa shape index (κ1) is 13.7. The highest BCUT2D eigenvalue weighted by molar-refractivity contribution is 5.89. The molecular weight excluding hydrogens is 268 g/mol. The van der Waals surface area contributed by atoms with E-state index in [-0.39, 0.29) is 5.56 Å². The minimum absolute atomic E-state index is 0.00668. The molecule has 0 fully saturated rings. The van der Waals surface area contributed by atoms with Gasteiger partial charge < -0.3 is 0 Å². The van der Waals surface area contributed by atoms with E-state index in [2.05, 4.69) is 4.98 Å². The third kappa shape index (κ3) is 2.29. The number of halogens is 2. The summed E-state index contributed by atoms with van der Waals surface area (Å²) < 4.78 is 26.4. The summed E-state index contributed by atoms with van der Waals surface area (Å²) in [6.45, 7) is 3.94. The molecule has 1 nitrogen and oxygen atoms in total. The number of pyridine rings is 1. The number of nitrogens with zero attached hydrogens (tertiary/aromatic N) is 1. The molecule has 0 saturated carbocycles. The minimum Gasteiger partial charge on any atom is -0.247 e. The van der Waals surface area contributed by atoms with Gasteiger partial charge in [-0.2, -0.15) is 0 Å². The molecule has 0 bridgehead atoms. The van der Waals surface area contributed by atoms with Crippen LogP contribution in [0.5, 0.6) is 0 Å². The van der Waals surface area contributed by atoms with Crippen LogP contribution in [0, 0.1) is 13.8 Å². The van der Waals surface area contributed by atoms with Gasteiger partial charge in [0.2, 0.25) is 0 Å². The normalized spacial score (nSPS) is 11.3. The molecule has 3 rings (SSSR count). The zero-order valence-electron chi connectivity index (χ0n) is 11.9. The summed E-state index contributed by atoms with van der Waals surface area (Å²) in [6, 6.07) is 14.6. The van der Waals surface area contributed by atoms with Crippen molar-refractivity contribution in [3.8, 4) is 11.3 Å². The smallest absolute Gasteiger partial charge is 0.247 e. The fraction of sp³-hybridized carbons (Fsp3) is 0.167. The molecular formula is C18H15F2N. The first-order valence-electron chi connectivity index (χ1n) is 6.83. The number of para-hydroxylation sites is 1. The number of benzene rings is 2. The maximum Gasteiger partial charge on any atom is 0.265 e. The third-order valence-electron chi connectivity index (χ3n) is 3.89. The summed E-state index contributed by atoms with van der Waals surface area (Å²) in [4.78, 5) is 4.55. The summed E-state index contributed by atoms with van der Waals surface area (Å²) in [5.41, 5.74) is 4.14. The van der Waals surface area contributed by atoms with Crippen LogP contribution < -0.4 is 0 Å². The van der Waals surface area contributed by atoms with Crippen molar-refractivity contribution in [2.24, 2.45) is 0 Å². The molecule has 2 aromatic carbocycles. The lowest BCUT2D eigenvalue weighted by molar-refractivity contribution is 0.153. The molecule has 0 atom stereocenters. The van der Waals surface area contributed by atoms with Crippen molar-refractivity contribution < 1.29 is 8.78 Å². The molecule has 0 aliphatic rings. The summed E-state index contributed by atoms with van der Waals surface area (Å²) in [5, 5.41) is 0.796. The number of fused-ring (bicyclic) bond motifs is 1. The third-order valence-corrected chi connectivity index (χ3v) is 3.89. The van der Waals surface area contributed by atoms with E-state index < -0.39 is 6.43 Å². The van der Waals surface area contributed by atoms with Crippen molar-refractivity contribution in [3.63, 3.8) is 0 Å². The topological polar surface area (TPSA) is 12.9 Å². The van der Waals surface area contributed by atoms with Gasteiger partial charge in [0.15, 0.2) is 0 Å². The van der Waals surface area contributed by atoms with Gasteiger partial charge in [-0.15, -0.1) is 0 Å². The molecule has 21 heavy (non-hydrogen) atoms. The lowest BCUT2D eigenvalue weighted by atomic mass is 9.97. The predicted octanol–water partition coefficient (Wildman–Crippen LogP) is 5.46. The second-order valence-electron chi connectivity index (χ2n) is 5.12. The van der Waals surface area contributed by atoms with Crippen LogP contribution in [0.2, 0.25) is 0 Å². The number of hydrogen-bond donors (Lipinski definition) is 0. The van der Waals surface area contributed by atoms with Crippen LogP contribution >= 0.6 is 0 Å². The first-order valence-corrected chi connectivity index (χ1v) is 6.83. The van der Waals surface area contributed by atoms with Crippen molar-refractivity contribution in [2.45, 2.75) is 20.3 Å². The van der Waals surface area contributed by atoms with E-state index in [9.17, 15) is 8.78 Å². The van der Waals surface area contributed by atoms with E-state index in [1.165, 1.54) is 6.07 Å². The van der Waals surface area contributed by atoms with E-state index >= 15 is 0 Å². The highest BCUT2D eigenvalue weighted by Gasteiger charge is 2.17. The molecule has 0 saturated heterocycles. The molecule has 3 aromatic rings. The number of aromatic nitrogens is 1. The number of rotatable bonds is 2. The number of hydrogen-bond acceptors (Lipinski definition) is 1. The summed E-state index contributed by atoms with van der Waals surface area (Å²) >= 11 is 0. The van der Waals surface area contributed by atoms with Crippen molar-refractivity contribution in [1.29, 1.82) is 0 Å². The van der Waals surface area contributed by atoms with Crippen LogP contribution in [0.4, 0.5) is 8.78 Å². The molecule has 3 heteroatoms. The SMILES string of the molecule is Cc1c(-c2ccccc2)nc2c(C(F)F)cccc2c1C. The summed E-state index contributed by atoms with van der Waals surface area (Å²) in [7, 11) is 0. The molecule has 1 heterocycles. The Balaban J connectivity index is 2.37. The Morgan fingerprint density at radius 3 is 2.24 bits per heavy atom. The maximum atomic E-state index is 13.2. The van der Waals surface area contributed by atoms with Gasteiger partial charge >= 0.3 is 0 Å². The molecule has 0 radical (unpaired) electrons. The lowest BCUT2D eigenvalue weighted by Gasteiger charge is -2.14. The van der Waals surface area contributed by atoms with Gasteiger partial charge in [-0.25, -0.2) is 13.8 Å². The van der Waals surface area contributed by atoms with Crippen LogP contribution in [0.15, 0.2) is 48.5 Å². The fourth-order valence-corrected chi connectivity index (χ4v) is 2.62. The van der Waals surface area contributed by atoms with Crippen LogP contribution in [0.3, 0.4) is 0 Å². The van der Waals surface area contributed by atoms with Crippen LogP contribution in [0.1, 0.15) is 23.1 Å². The molecule has 0 unspecified atom stereocenters. The van der Waals surface area contributed by atoms with E-state index in [0.29, 0.717) is 5.52 Å². The first-order chi connectivity index (χ1) is 10.1. The molecule has 0 spiro atoms. The molecule has 0 amide bonds. The second kappa shape index (κ2) is 5.24.